The summed E-state index contributed by atoms with van der Waals surface area (Å²) in [5.74, 6) is 1.52. The molecule has 2 aliphatic heterocycles. The van der Waals surface area contributed by atoms with E-state index in [1.54, 1.807) is 18.2 Å². The van der Waals surface area contributed by atoms with Crippen molar-refractivity contribution in [3.05, 3.63) is 48.7 Å². The first-order chi connectivity index (χ1) is 15.7. The van der Waals surface area contributed by atoms with Crippen molar-refractivity contribution in [2.45, 2.75) is 11.4 Å². The highest BCUT2D eigenvalue weighted by atomic mass is 32.2. The monoisotopic (exact) mass is 453 g/mol. The highest BCUT2D eigenvalue weighted by Gasteiger charge is 2.19. The Morgan fingerprint density at radius 3 is 2.72 bits per heavy atom. The van der Waals surface area contributed by atoms with Crippen LogP contribution in [0.15, 0.2) is 53.6 Å². The lowest BCUT2D eigenvalue weighted by Gasteiger charge is -2.27. The summed E-state index contributed by atoms with van der Waals surface area (Å²) in [5.41, 5.74) is 1.64. The van der Waals surface area contributed by atoms with Gasteiger partial charge in [-0.3, -0.25) is 9.59 Å². The molecule has 0 spiro atoms. The average Bonchev–Trinajstić information content (AvgIpc) is 3.43. The van der Waals surface area contributed by atoms with Crippen LogP contribution in [0.2, 0.25) is 0 Å². The van der Waals surface area contributed by atoms with Gasteiger partial charge in [0.15, 0.2) is 11.5 Å². The normalized spacial score (nSPS) is 15.2. The number of carbonyl (C=O) groups excluding carboxylic acids is 2. The van der Waals surface area contributed by atoms with Crippen LogP contribution in [0, 0.1) is 0 Å². The molecule has 0 saturated carbocycles. The van der Waals surface area contributed by atoms with Crippen LogP contribution in [0.5, 0.6) is 11.5 Å². The Balaban J connectivity index is 1.26. The Kier molecular flexibility index (Phi) is 5.91. The van der Waals surface area contributed by atoms with Gasteiger partial charge in [-0.25, -0.2) is 0 Å². The summed E-state index contributed by atoms with van der Waals surface area (Å²) in [6, 6.07) is 13.3. The fraction of sp³-hybridized carbons (Fsp3) is 0.304. The molecule has 0 radical (unpaired) electrons. The highest BCUT2D eigenvalue weighted by Crippen LogP contribution is 2.34. The molecule has 3 aromatic rings. The number of para-hydroxylation sites is 1. The standard InChI is InChI=1S/C23H23N3O5S/c27-22(24-16-5-6-19-20(11-16)31-15-30-19)14-32-21-12-26(18-4-2-1-3-17(18)21)13-23(28)25-7-9-29-10-8-25/h1-6,11-12H,7-10,13-15H2,(H,24,27). The number of rotatable bonds is 6. The van der Waals surface area contributed by atoms with E-state index in [0.29, 0.717) is 43.5 Å². The number of carbonyl (C=O) groups is 2. The molecule has 8 nitrogen and oxygen atoms in total. The second-order valence-corrected chi connectivity index (χ2v) is 8.55. The number of anilines is 1. The van der Waals surface area contributed by atoms with E-state index in [0.717, 1.165) is 15.8 Å². The number of ether oxygens (including phenoxy) is 3. The van der Waals surface area contributed by atoms with Crippen molar-refractivity contribution in [1.82, 2.24) is 9.47 Å². The van der Waals surface area contributed by atoms with Crippen molar-refractivity contribution < 1.29 is 23.8 Å². The number of amides is 2. The number of thioether (sulfide) groups is 1. The molecular formula is C23H23N3O5S. The molecule has 1 aromatic heterocycles. The van der Waals surface area contributed by atoms with E-state index in [4.69, 9.17) is 14.2 Å². The first kappa shape index (κ1) is 20.7. The number of fused-ring (bicyclic) bond motifs is 2. The Hall–Kier alpha value is -3.17. The molecule has 2 aromatic carbocycles. The van der Waals surface area contributed by atoms with Crippen LogP contribution < -0.4 is 14.8 Å². The molecule has 166 valence electrons. The van der Waals surface area contributed by atoms with Gasteiger partial charge in [-0.2, -0.15) is 0 Å². The van der Waals surface area contributed by atoms with Crippen LogP contribution in [0.1, 0.15) is 0 Å². The minimum atomic E-state index is -0.116. The lowest BCUT2D eigenvalue weighted by atomic mass is 10.2. The lowest BCUT2D eigenvalue weighted by molar-refractivity contribution is -0.135. The summed E-state index contributed by atoms with van der Waals surface area (Å²) in [5, 5.41) is 3.93. The summed E-state index contributed by atoms with van der Waals surface area (Å²) in [6.07, 6.45) is 1.96. The number of nitrogens with zero attached hydrogens (tertiary/aromatic N) is 2. The summed E-state index contributed by atoms with van der Waals surface area (Å²) >= 11 is 1.45. The molecular weight excluding hydrogens is 430 g/mol. The van der Waals surface area contributed by atoms with E-state index >= 15 is 0 Å². The quantitative estimate of drug-likeness (QED) is 0.578. The van der Waals surface area contributed by atoms with Crippen LogP contribution >= 0.6 is 11.8 Å². The molecule has 3 heterocycles. The second kappa shape index (κ2) is 9.13. The molecule has 0 aliphatic carbocycles. The van der Waals surface area contributed by atoms with Gasteiger partial charge < -0.3 is 29.0 Å². The average molecular weight is 454 g/mol. The molecule has 1 saturated heterocycles. The lowest BCUT2D eigenvalue weighted by Crippen LogP contribution is -2.42. The maximum absolute atomic E-state index is 12.7. The number of nitrogens with one attached hydrogen (secondary N) is 1. The minimum Gasteiger partial charge on any atom is -0.454 e. The van der Waals surface area contributed by atoms with Gasteiger partial charge in [0.2, 0.25) is 18.6 Å². The third-order valence-electron chi connectivity index (χ3n) is 5.44. The summed E-state index contributed by atoms with van der Waals surface area (Å²) in [4.78, 5) is 28.1. The topological polar surface area (TPSA) is 82.0 Å². The zero-order valence-corrected chi connectivity index (χ0v) is 18.2. The van der Waals surface area contributed by atoms with Crippen molar-refractivity contribution in [3.63, 3.8) is 0 Å². The van der Waals surface area contributed by atoms with Gasteiger partial charge in [0.25, 0.3) is 0 Å². The predicted octanol–water partition coefficient (Wildman–Crippen LogP) is 2.96. The summed E-state index contributed by atoms with van der Waals surface area (Å²) in [7, 11) is 0. The number of benzene rings is 2. The van der Waals surface area contributed by atoms with Crippen molar-refractivity contribution >= 4 is 40.2 Å². The van der Waals surface area contributed by atoms with Gasteiger partial charge in [0.05, 0.1) is 19.0 Å². The molecule has 0 unspecified atom stereocenters. The molecule has 2 aliphatic rings. The van der Waals surface area contributed by atoms with Gasteiger partial charge in [0.1, 0.15) is 6.54 Å². The Bertz CT molecular complexity index is 1160. The van der Waals surface area contributed by atoms with Crippen LogP contribution in [-0.2, 0) is 20.9 Å². The largest absolute Gasteiger partial charge is 0.454 e. The molecule has 1 N–H and O–H groups in total. The Labute approximate surface area is 189 Å². The van der Waals surface area contributed by atoms with Gasteiger partial charge in [-0.05, 0) is 18.2 Å². The smallest absolute Gasteiger partial charge is 0.242 e. The van der Waals surface area contributed by atoms with E-state index in [-0.39, 0.29) is 30.9 Å². The van der Waals surface area contributed by atoms with Crippen molar-refractivity contribution in [1.29, 1.82) is 0 Å². The molecule has 9 heteroatoms. The molecule has 0 atom stereocenters. The van der Waals surface area contributed by atoms with E-state index < -0.39 is 0 Å². The number of hydrogen-bond acceptors (Lipinski definition) is 6. The van der Waals surface area contributed by atoms with Crippen LogP contribution in [0.25, 0.3) is 10.9 Å². The Morgan fingerprint density at radius 1 is 1.03 bits per heavy atom. The van der Waals surface area contributed by atoms with E-state index in [1.807, 2.05) is 39.9 Å². The van der Waals surface area contributed by atoms with Gasteiger partial charge in [-0.15, -0.1) is 11.8 Å². The van der Waals surface area contributed by atoms with Crippen LogP contribution in [0.3, 0.4) is 0 Å². The first-order valence-electron chi connectivity index (χ1n) is 10.4. The summed E-state index contributed by atoms with van der Waals surface area (Å²) in [6.45, 7) is 2.87. The van der Waals surface area contributed by atoms with Gasteiger partial charge in [-0.1, -0.05) is 18.2 Å². The zero-order chi connectivity index (χ0) is 21.9. The number of hydrogen-bond donors (Lipinski definition) is 1. The molecule has 0 bridgehead atoms. The third-order valence-corrected chi connectivity index (χ3v) is 6.48. The zero-order valence-electron chi connectivity index (χ0n) is 17.4. The fourth-order valence-electron chi connectivity index (χ4n) is 3.83. The maximum atomic E-state index is 12.7. The fourth-order valence-corrected chi connectivity index (χ4v) is 4.72. The molecule has 2 amide bonds. The molecule has 32 heavy (non-hydrogen) atoms. The Morgan fingerprint density at radius 2 is 1.84 bits per heavy atom. The first-order valence-corrected chi connectivity index (χ1v) is 11.4. The van der Waals surface area contributed by atoms with E-state index in [1.165, 1.54) is 11.8 Å². The van der Waals surface area contributed by atoms with Crippen molar-refractivity contribution in [2.75, 3.05) is 44.2 Å². The molecule has 5 rings (SSSR count). The van der Waals surface area contributed by atoms with E-state index in [2.05, 4.69) is 5.32 Å². The maximum Gasteiger partial charge on any atom is 0.242 e. The number of morpholine rings is 1. The summed E-state index contributed by atoms with van der Waals surface area (Å²) < 4.78 is 18.0. The molecule has 1 fully saturated rings. The van der Waals surface area contributed by atoms with Crippen LogP contribution in [-0.4, -0.2) is 60.1 Å². The third kappa shape index (κ3) is 4.39. The van der Waals surface area contributed by atoms with Gasteiger partial charge >= 0.3 is 0 Å². The van der Waals surface area contributed by atoms with Crippen LogP contribution in [0.4, 0.5) is 5.69 Å². The SMILES string of the molecule is O=C(CSc1cn(CC(=O)N2CCOCC2)c2ccccc12)Nc1ccc2c(c1)OCO2. The van der Waals surface area contributed by atoms with Gasteiger partial charge in [0, 0.05) is 46.8 Å². The minimum absolute atomic E-state index is 0.0751. The van der Waals surface area contributed by atoms with Crippen molar-refractivity contribution in [2.24, 2.45) is 0 Å². The second-order valence-electron chi connectivity index (χ2n) is 7.54. The highest BCUT2D eigenvalue weighted by molar-refractivity contribution is 8.00. The van der Waals surface area contributed by atoms with E-state index in [9.17, 15) is 9.59 Å². The van der Waals surface area contributed by atoms with Crippen molar-refractivity contribution in [3.8, 4) is 11.5 Å². The predicted molar refractivity (Wildman–Crippen MR) is 121 cm³/mol. The number of aromatic nitrogens is 1.